The summed E-state index contributed by atoms with van der Waals surface area (Å²) in [5, 5.41) is 0. The maximum atomic E-state index is 12.3. The van der Waals surface area contributed by atoms with E-state index in [1.807, 2.05) is 19.9 Å². The molecule has 0 aromatic rings. The number of hydrogen-bond acceptors (Lipinski definition) is 2. The van der Waals surface area contributed by atoms with E-state index in [-0.39, 0.29) is 5.97 Å². The number of ether oxygens (including phenoxy) is 1. The predicted octanol–water partition coefficient (Wildman–Crippen LogP) is 5.51. The van der Waals surface area contributed by atoms with E-state index in [2.05, 4.69) is 0 Å². The Morgan fingerprint density at radius 2 is 1.55 bits per heavy atom. The van der Waals surface area contributed by atoms with Gasteiger partial charge in [-0.3, -0.25) is 0 Å². The fourth-order valence-electron chi connectivity index (χ4n) is 1.74. The van der Waals surface area contributed by atoms with E-state index in [4.69, 9.17) is 4.74 Å². The van der Waals surface area contributed by atoms with E-state index in [1.165, 1.54) is 12.2 Å². The second-order valence-corrected chi connectivity index (χ2v) is 5.26. The van der Waals surface area contributed by atoms with E-state index in [0.29, 0.717) is 19.4 Å². The number of carbonyl (C=O) groups excluding carboxylic acids is 1. The van der Waals surface area contributed by atoms with Crippen LogP contribution in [0.3, 0.4) is 0 Å². The highest BCUT2D eigenvalue weighted by Crippen LogP contribution is 2.25. The van der Waals surface area contributed by atoms with Crippen LogP contribution in [0.25, 0.3) is 0 Å². The molecule has 0 unspecified atom stereocenters. The fraction of sp³-hybridized carbons (Fsp3) is 0.588. The summed E-state index contributed by atoms with van der Waals surface area (Å²) in [6.07, 6.45) is 2.94. The van der Waals surface area contributed by atoms with Crippen molar-refractivity contribution in [2.75, 3.05) is 6.61 Å². The lowest BCUT2D eigenvalue weighted by molar-refractivity contribution is -0.137. The van der Waals surface area contributed by atoms with Crippen LogP contribution in [-0.2, 0) is 9.53 Å². The average molecular weight is 318 g/mol. The van der Waals surface area contributed by atoms with Gasteiger partial charge in [0.2, 0.25) is 0 Å². The summed E-state index contributed by atoms with van der Waals surface area (Å²) in [5.41, 5.74) is 1.43. The Morgan fingerprint density at radius 1 is 1.00 bits per heavy atom. The molecule has 0 spiro atoms. The van der Waals surface area contributed by atoms with Crippen molar-refractivity contribution in [3.8, 4) is 0 Å². The molecular weight excluding hydrogens is 293 g/mol. The molecule has 0 radical (unpaired) electrons. The highest BCUT2D eigenvalue weighted by Gasteiger charge is 2.29. The lowest BCUT2D eigenvalue weighted by atomic mass is 10.1. The summed E-state index contributed by atoms with van der Waals surface area (Å²) in [4.78, 5) is 11.2. The summed E-state index contributed by atoms with van der Waals surface area (Å²) >= 11 is 0. The van der Waals surface area contributed by atoms with E-state index in [0.717, 1.165) is 30.9 Å². The first-order valence-corrected chi connectivity index (χ1v) is 7.40. The SMILES string of the molecule is CCOC(=O)/C=C(\C)CC/C=C(\C)CC/C=C(/C)C(F)(F)F. The average Bonchev–Trinajstić information content (AvgIpc) is 2.37. The van der Waals surface area contributed by atoms with Crippen LogP contribution < -0.4 is 0 Å². The van der Waals surface area contributed by atoms with Crippen molar-refractivity contribution >= 4 is 5.97 Å². The Kier molecular flexibility index (Phi) is 9.54. The highest BCUT2D eigenvalue weighted by atomic mass is 19.4. The maximum absolute atomic E-state index is 12.3. The number of allylic oxidation sites excluding steroid dienone is 5. The quantitative estimate of drug-likeness (QED) is 0.335. The smallest absolute Gasteiger partial charge is 0.412 e. The molecule has 0 N–H and O–H groups in total. The molecule has 0 aliphatic heterocycles. The van der Waals surface area contributed by atoms with Gasteiger partial charge < -0.3 is 4.74 Å². The van der Waals surface area contributed by atoms with Gasteiger partial charge in [-0.15, -0.1) is 0 Å². The van der Waals surface area contributed by atoms with Crippen molar-refractivity contribution in [1.82, 2.24) is 0 Å². The number of halogens is 3. The minimum atomic E-state index is -4.23. The lowest BCUT2D eigenvalue weighted by Gasteiger charge is -2.06. The normalized spacial score (nSPS) is 14.2. The zero-order valence-electron chi connectivity index (χ0n) is 13.7. The molecule has 2 nitrogen and oxygen atoms in total. The van der Waals surface area contributed by atoms with Crippen LogP contribution in [-0.4, -0.2) is 18.8 Å². The Bertz CT molecular complexity index is 443. The van der Waals surface area contributed by atoms with Gasteiger partial charge in [-0.05, 0) is 53.4 Å². The summed E-state index contributed by atoms with van der Waals surface area (Å²) in [7, 11) is 0. The number of rotatable bonds is 8. The van der Waals surface area contributed by atoms with E-state index in [9.17, 15) is 18.0 Å². The molecule has 0 heterocycles. The molecule has 0 rings (SSSR count). The van der Waals surface area contributed by atoms with Gasteiger partial charge in [-0.2, -0.15) is 13.2 Å². The molecule has 0 saturated carbocycles. The van der Waals surface area contributed by atoms with Crippen molar-refractivity contribution in [3.63, 3.8) is 0 Å². The number of hydrogen-bond donors (Lipinski definition) is 0. The third-order valence-electron chi connectivity index (χ3n) is 3.12. The van der Waals surface area contributed by atoms with Crippen LogP contribution in [0.2, 0.25) is 0 Å². The van der Waals surface area contributed by atoms with Gasteiger partial charge in [0.25, 0.3) is 0 Å². The first kappa shape index (κ1) is 20.5. The minimum Gasteiger partial charge on any atom is -0.463 e. The van der Waals surface area contributed by atoms with Gasteiger partial charge in [-0.25, -0.2) is 4.79 Å². The molecule has 0 aliphatic carbocycles. The van der Waals surface area contributed by atoms with Crippen molar-refractivity contribution in [3.05, 3.63) is 34.9 Å². The van der Waals surface area contributed by atoms with E-state index < -0.39 is 11.7 Å². The van der Waals surface area contributed by atoms with E-state index in [1.54, 1.807) is 6.92 Å². The second kappa shape index (κ2) is 10.2. The van der Waals surface area contributed by atoms with Gasteiger partial charge in [0.1, 0.15) is 0 Å². The van der Waals surface area contributed by atoms with Gasteiger partial charge >= 0.3 is 12.1 Å². The van der Waals surface area contributed by atoms with Crippen LogP contribution in [0.5, 0.6) is 0 Å². The molecular formula is C17H25F3O2. The molecule has 0 aromatic heterocycles. The second-order valence-electron chi connectivity index (χ2n) is 5.26. The van der Waals surface area contributed by atoms with Gasteiger partial charge in [0, 0.05) is 11.6 Å². The Morgan fingerprint density at radius 3 is 2.09 bits per heavy atom. The first-order chi connectivity index (χ1) is 10.2. The molecule has 22 heavy (non-hydrogen) atoms. The molecule has 0 amide bonds. The van der Waals surface area contributed by atoms with Crippen molar-refractivity contribution in [2.45, 2.75) is 59.6 Å². The number of carbonyl (C=O) groups is 1. The molecule has 0 saturated heterocycles. The molecule has 126 valence electrons. The monoisotopic (exact) mass is 318 g/mol. The third kappa shape index (κ3) is 10.2. The minimum absolute atomic E-state index is 0.339. The summed E-state index contributed by atoms with van der Waals surface area (Å²) in [5.74, 6) is -0.339. The Labute approximate surface area is 130 Å². The molecule has 0 atom stereocenters. The Hall–Kier alpha value is -1.52. The van der Waals surface area contributed by atoms with E-state index >= 15 is 0 Å². The third-order valence-corrected chi connectivity index (χ3v) is 3.12. The van der Waals surface area contributed by atoms with Crippen LogP contribution in [0, 0.1) is 0 Å². The Balaban J connectivity index is 4.17. The largest absolute Gasteiger partial charge is 0.463 e. The van der Waals surface area contributed by atoms with Crippen LogP contribution >= 0.6 is 0 Å². The topological polar surface area (TPSA) is 26.3 Å². The summed E-state index contributed by atoms with van der Waals surface area (Å²) in [6, 6.07) is 0. The molecule has 0 bridgehead atoms. The molecule has 0 aliphatic rings. The van der Waals surface area contributed by atoms with Crippen LogP contribution in [0.1, 0.15) is 53.4 Å². The highest BCUT2D eigenvalue weighted by molar-refractivity contribution is 5.82. The fourth-order valence-corrected chi connectivity index (χ4v) is 1.74. The van der Waals surface area contributed by atoms with Crippen molar-refractivity contribution in [1.29, 1.82) is 0 Å². The van der Waals surface area contributed by atoms with Gasteiger partial charge in [-0.1, -0.05) is 23.3 Å². The number of alkyl halides is 3. The molecule has 0 fully saturated rings. The standard InChI is InChI=1S/C17H25F3O2/c1-5-22-16(21)12-14(3)10-6-8-13(2)9-7-11-15(4)17(18,19)20/h8,11-12H,5-7,9-10H2,1-4H3/b13-8+,14-12+,15-11-. The summed E-state index contributed by atoms with van der Waals surface area (Å²) < 4.78 is 41.7. The van der Waals surface area contributed by atoms with Crippen LogP contribution in [0.15, 0.2) is 34.9 Å². The van der Waals surface area contributed by atoms with Gasteiger partial charge in [0.15, 0.2) is 0 Å². The van der Waals surface area contributed by atoms with Crippen LogP contribution in [0.4, 0.5) is 13.2 Å². The first-order valence-electron chi connectivity index (χ1n) is 7.40. The predicted molar refractivity (Wildman–Crippen MR) is 82.4 cm³/mol. The van der Waals surface area contributed by atoms with Crippen molar-refractivity contribution < 1.29 is 22.7 Å². The van der Waals surface area contributed by atoms with Crippen molar-refractivity contribution in [2.24, 2.45) is 0 Å². The molecule has 5 heteroatoms. The number of esters is 1. The van der Waals surface area contributed by atoms with Gasteiger partial charge in [0.05, 0.1) is 6.61 Å². The zero-order chi connectivity index (χ0) is 17.2. The maximum Gasteiger partial charge on any atom is 0.412 e. The molecule has 0 aromatic carbocycles. The lowest BCUT2D eigenvalue weighted by Crippen LogP contribution is -2.08. The zero-order valence-corrected chi connectivity index (χ0v) is 13.7. The summed E-state index contributed by atoms with van der Waals surface area (Å²) in [6.45, 7) is 6.95.